The summed E-state index contributed by atoms with van der Waals surface area (Å²) in [6.45, 7) is 3.62. The van der Waals surface area contributed by atoms with Crippen LogP contribution in [0.25, 0.3) is 0 Å². The van der Waals surface area contributed by atoms with Gasteiger partial charge in [-0.3, -0.25) is 4.79 Å². The predicted molar refractivity (Wildman–Crippen MR) is 69.8 cm³/mol. The summed E-state index contributed by atoms with van der Waals surface area (Å²) in [4.78, 5) is 11.7. The van der Waals surface area contributed by atoms with Gasteiger partial charge in [0.1, 0.15) is 6.04 Å². The molecule has 0 saturated heterocycles. The highest BCUT2D eigenvalue weighted by molar-refractivity contribution is 7.99. The first kappa shape index (κ1) is 13.6. The fraction of sp³-hybridized carbons (Fsp3) is 0.250. The van der Waals surface area contributed by atoms with Crippen LogP contribution in [0.15, 0.2) is 41.4 Å². The summed E-state index contributed by atoms with van der Waals surface area (Å²) < 4.78 is 0. The zero-order valence-electron chi connectivity index (χ0n) is 9.43. The molecular weight excluding hydrogens is 236 g/mol. The van der Waals surface area contributed by atoms with Crippen molar-refractivity contribution in [2.75, 3.05) is 5.75 Å². The summed E-state index contributed by atoms with van der Waals surface area (Å²) in [7, 11) is 0. The fourth-order valence-electron chi connectivity index (χ4n) is 1.28. The quantitative estimate of drug-likeness (QED) is 0.662. The van der Waals surface area contributed by atoms with Gasteiger partial charge >= 0.3 is 5.97 Å². The summed E-state index contributed by atoms with van der Waals surface area (Å²) in [6.07, 6.45) is 0.327. The maximum Gasteiger partial charge on any atom is 0.320 e. The summed E-state index contributed by atoms with van der Waals surface area (Å²) in [6, 6.07) is 6.76. The van der Waals surface area contributed by atoms with Gasteiger partial charge in [-0.15, -0.1) is 11.8 Å². The van der Waals surface area contributed by atoms with E-state index in [1.807, 2.05) is 24.3 Å². The van der Waals surface area contributed by atoms with E-state index in [9.17, 15) is 4.79 Å². The highest BCUT2D eigenvalue weighted by Gasteiger charge is 2.12. The highest BCUT2D eigenvalue weighted by Crippen LogP contribution is 2.20. The van der Waals surface area contributed by atoms with Crippen molar-refractivity contribution in [2.45, 2.75) is 17.4 Å². The van der Waals surface area contributed by atoms with Gasteiger partial charge in [0.05, 0.1) is 0 Å². The first-order valence-electron chi connectivity index (χ1n) is 5.12. The average Bonchev–Trinajstić information content (AvgIpc) is 2.26. The molecule has 4 nitrogen and oxygen atoms in total. The van der Waals surface area contributed by atoms with E-state index in [0.717, 1.165) is 10.5 Å². The van der Waals surface area contributed by atoms with Gasteiger partial charge in [-0.05, 0) is 24.1 Å². The molecule has 92 valence electrons. The van der Waals surface area contributed by atoms with Crippen LogP contribution in [0.5, 0.6) is 0 Å². The zero-order chi connectivity index (χ0) is 12.8. The largest absolute Gasteiger partial charge is 0.480 e. The molecule has 5 heteroatoms. The Bertz CT molecular complexity index is 421. The predicted octanol–water partition coefficient (Wildman–Crippen LogP) is 1.21. The lowest BCUT2D eigenvalue weighted by molar-refractivity contribution is -0.138. The minimum atomic E-state index is -0.988. The van der Waals surface area contributed by atoms with Gasteiger partial charge < -0.3 is 16.6 Å². The van der Waals surface area contributed by atoms with E-state index in [4.69, 9.17) is 16.6 Å². The molecule has 0 amide bonds. The third-order valence-electron chi connectivity index (χ3n) is 2.10. The van der Waals surface area contributed by atoms with Crippen LogP contribution in [-0.2, 0) is 11.2 Å². The third-order valence-corrected chi connectivity index (χ3v) is 3.20. The number of benzene rings is 1. The van der Waals surface area contributed by atoms with Crippen molar-refractivity contribution in [1.82, 2.24) is 0 Å². The topological polar surface area (TPSA) is 89.3 Å². The standard InChI is InChI=1S/C12H16N2O2S/c1-8(13)7-17-10-4-2-3-9(5-10)6-11(14)12(15)16/h2-5,11H,1,6-7,13-14H2,(H,15,16). The van der Waals surface area contributed by atoms with Crippen LogP contribution < -0.4 is 11.5 Å². The number of hydrogen-bond acceptors (Lipinski definition) is 4. The number of carboxylic acids is 1. The molecule has 1 aromatic carbocycles. The first-order chi connectivity index (χ1) is 7.99. The molecule has 0 saturated carbocycles. The highest BCUT2D eigenvalue weighted by atomic mass is 32.2. The molecule has 0 bridgehead atoms. The SMILES string of the molecule is C=C(N)CSc1cccc(CC(N)C(=O)O)c1. The zero-order valence-corrected chi connectivity index (χ0v) is 10.2. The molecule has 0 radical (unpaired) electrons. The number of carboxylic acid groups (broad SMARTS) is 1. The second-order valence-electron chi connectivity index (χ2n) is 3.74. The Labute approximate surface area is 105 Å². The Morgan fingerprint density at radius 1 is 1.53 bits per heavy atom. The molecule has 0 heterocycles. The van der Waals surface area contributed by atoms with Crippen molar-refractivity contribution in [3.05, 3.63) is 42.1 Å². The Morgan fingerprint density at radius 3 is 2.82 bits per heavy atom. The monoisotopic (exact) mass is 252 g/mol. The van der Waals surface area contributed by atoms with E-state index in [0.29, 0.717) is 17.9 Å². The van der Waals surface area contributed by atoms with Gasteiger partial charge in [-0.25, -0.2) is 0 Å². The van der Waals surface area contributed by atoms with Gasteiger partial charge in [0.25, 0.3) is 0 Å². The van der Waals surface area contributed by atoms with Crippen molar-refractivity contribution < 1.29 is 9.90 Å². The summed E-state index contributed by atoms with van der Waals surface area (Å²) in [5.41, 5.74) is 12.5. The molecule has 0 spiro atoms. The lowest BCUT2D eigenvalue weighted by Gasteiger charge is -2.08. The third kappa shape index (κ3) is 4.93. The van der Waals surface area contributed by atoms with Gasteiger partial charge in [-0.1, -0.05) is 18.7 Å². The number of carbonyl (C=O) groups is 1. The minimum absolute atomic E-state index is 0.327. The normalized spacial score (nSPS) is 12.1. The Balaban J connectivity index is 2.65. The average molecular weight is 252 g/mol. The van der Waals surface area contributed by atoms with E-state index in [1.54, 1.807) is 11.8 Å². The smallest absolute Gasteiger partial charge is 0.320 e. The number of rotatable bonds is 6. The summed E-state index contributed by atoms with van der Waals surface area (Å²) in [5, 5.41) is 8.73. The van der Waals surface area contributed by atoms with Gasteiger partial charge in [0.2, 0.25) is 0 Å². The second kappa shape index (κ2) is 6.32. The van der Waals surface area contributed by atoms with Crippen molar-refractivity contribution in [3.63, 3.8) is 0 Å². The molecule has 0 aliphatic heterocycles. The van der Waals surface area contributed by atoms with E-state index in [1.165, 1.54) is 0 Å². The van der Waals surface area contributed by atoms with Crippen LogP contribution in [0.4, 0.5) is 0 Å². The number of hydrogen-bond donors (Lipinski definition) is 3. The van der Waals surface area contributed by atoms with Crippen molar-refractivity contribution >= 4 is 17.7 Å². The van der Waals surface area contributed by atoms with E-state index < -0.39 is 12.0 Å². The van der Waals surface area contributed by atoms with Crippen LogP contribution in [0, 0.1) is 0 Å². The van der Waals surface area contributed by atoms with Gasteiger partial charge in [-0.2, -0.15) is 0 Å². The van der Waals surface area contributed by atoms with Crippen molar-refractivity contribution in [1.29, 1.82) is 0 Å². The van der Waals surface area contributed by atoms with Crippen molar-refractivity contribution in [3.8, 4) is 0 Å². The molecule has 0 fully saturated rings. The van der Waals surface area contributed by atoms with E-state index in [-0.39, 0.29) is 0 Å². The molecule has 1 rings (SSSR count). The van der Waals surface area contributed by atoms with Crippen LogP contribution in [-0.4, -0.2) is 22.9 Å². The Hall–Kier alpha value is -1.46. The lowest BCUT2D eigenvalue weighted by atomic mass is 10.1. The van der Waals surface area contributed by atoms with Crippen LogP contribution in [0.3, 0.4) is 0 Å². The molecule has 1 atom stereocenters. The second-order valence-corrected chi connectivity index (χ2v) is 4.79. The van der Waals surface area contributed by atoms with Gasteiger partial charge in [0.15, 0.2) is 0 Å². The first-order valence-corrected chi connectivity index (χ1v) is 6.11. The lowest BCUT2D eigenvalue weighted by Crippen LogP contribution is -2.32. The number of aliphatic carboxylic acids is 1. The maximum absolute atomic E-state index is 10.6. The van der Waals surface area contributed by atoms with Crippen LogP contribution >= 0.6 is 11.8 Å². The fourth-order valence-corrected chi connectivity index (χ4v) is 2.04. The van der Waals surface area contributed by atoms with Crippen molar-refractivity contribution in [2.24, 2.45) is 11.5 Å². The molecule has 1 unspecified atom stereocenters. The molecule has 1 aromatic rings. The molecule has 5 N–H and O–H groups in total. The van der Waals surface area contributed by atoms with Crippen LogP contribution in [0.1, 0.15) is 5.56 Å². The van der Waals surface area contributed by atoms with E-state index in [2.05, 4.69) is 6.58 Å². The molecule has 0 aromatic heterocycles. The Kier molecular flexibility index (Phi) is 5.06. The summed E-state index contributed by atoms with van der Waals surface area (Å²) >= 11 is 1.57. The summed E-state index contributed by atoms with van der Waals surface area (Å²) in [5.74, 6) is -0.340. The van der Waals surface area contributed by atoms with Crippen LogP contribution in [0.2, 0.25) is 0 Å². The number of thioether (sulfide) groups is 1. The molecule has 17 heavy (non-hydrogen) atoms. The van der Waals surface area contributed by atoms with E-state index >= 15 is 0 Å². The number of nitrogens with two attached hydrogens (primary N) is 2. The maximum atomic E-state index is 10.6. The molecular formula is C12H16N2O2S. The minimum Gasteiger partial charge on any atom is -0.480 e. The molecule has 0 aliphatic carbocycles. The molecule has 0 aliphatic rings. The Morgan fingerprint density at radius 2 is 2.24 bits per heavy atom. The van der Waals surface area contributed by atoms with Gasteiger partial charge in [0, 0.05) is 16.3 Å².